The van der Waals surface area contributed by atoms with Gasteiger partial charge in [0.25, 0.3) is 0 Å². The molecule has 2 aliphatic rings. The van der Waals surface area contributed by atoms with E-state index >= 15 is 0 Å². The van der Waals surface area contributed by atoms with Crippen LogP contribution in [-0.2, 0) is 9.53 Å². The van der Waals surface area contributed by atoms with Crippen LogP contribution in [0, 0.1) is 11.8 Å². The van der Waals surface area contributed by atoms with Gasteiger partial charge in [-0.05, 0) is 67.2 Å². The summed E-state index contributed by atoms with van der Waals surface area (Å²) >= 11 is 0. The molecule has 1 saturated carbocycles. The molecule has 0 bridgehead atoms. The monoisotopic (exact) mass is 449 g/mol. The lowest BCUT2D eigenvalue weighted by atomic mass is 9.70. The molecule has 5 heteroatoms. The largest absolute Gasteiger partial charge is 0.479 e. The van der Waals surface area contributed by atoms with Crippen LogP contribution in [0.2, 0.25) is 0 Å². The molecule has 5 nitrogen and oxygen atoms in total. The van der Waals surface area contributed by atoms with Crippen LogP contribution in [0.15, 0.2) is 48.5 Å². The summed E-state index contributed by atoms with van der Waals surface area (Å²) in [5.41, 5.74) is 3.42. The van der Waals surface area contributed by atoms with Crippen LogP contribution in [0.3, 0.4) is 0 Å². The van der Waals surface area contributed by atoms with Crippen LogP contribution in [0.5, 0.6) is 0 Å². The van der Waals surface area contributed by atoms with Crippen molar-refractivity contribution in [3.63, 3.8) is 0 Å². The smallest absolute Gasteiger partial charge is 0.410 e. The molecule has 0 spiro atoms. The molecule has 0 aliphatic heterocycles. The van der Waals surface area contributed by atoms with Crippen LogP contribution >= 0.6 is 0 Å². The highest BCUT2D eigenvalue weighted by Crippen LogP contribution is 2.45. The van der Waals surface area contributed by atoms with Crippen LogP contribution < -0.4 is 0 Å². The minimum absolute atomic E-state index is 0.0501. The first-order valence-corrected chi connectivity index (χ1v) is 12.1. The zero-order chi connectivity index (χ0) is 23.8. The van der Waals surface area contributed by atoms with E-state index < -0.39 is 17.6 Å². The van der Waals surface area contributed by atoms with Crippen molar-refractivity contribution < 1.29 is 19.4 Å². The first-order chi connectivity index (χ1) is 15.8. The van der Waals surface area contributed by atoms with Crippen molar-refractivity contribution >= 4 is 12.1 Å². The molecule has 176 valence electrons. The first kappa shape index (κ1) is 23.3. The number of benzene rings is 2. The lowest BCUT2D eigenvalue weighted by Gasteiger charge is -2.47. The SMILES string of the molecule is CC(C)C1CCCC(C(=O)O)(N(C(=O)OCC2c3ccccc3-c3ccccc32)C(C)C)C1. The maximum Gasteiger partial charge on any atom is 0.410 e. The van der Waals surface area contributed by atoms with Gasteiger partial charge >= 0.3 is 12.1 Å². The van der Waals surface area contributed by atoms with E-state index in [1.54, 1.807) is 0 Å². The number of fused-ring (bicyclic) bond motifs is 3. The van der Waals surface area contributed by atoms with Gasteiger partial charge in [0, 0.05) is 12.0 Å². The van der Waals surface area contributed by atoms with Gasteiger partial charge in [0.2, 0.25) is 0 Å². The summed E-state index contributed by atoms with van der Waals surface area (Å²) in [6, 6.07) is 16.2. The van der Waals surface area contributed by atoms with E-state index in [0.717, 1.165) is 24.0 Å². The summed E-state index contributed by atoms with van der Waals surface area (Å²) in [5.74, 6) is -0.320. The summed E-state index contributed by atoms with van der Waals surface area (Å²) in [7, 11) is 0. The van der Waals surface area contributed by atoms with Gasteiger partial charge in [0.1, 0.15) is 12.1 Å². The van der Waals surface area contributed by atoms with Gasteiger partial charge < -0.3 is 9.84 Å². The molecule has 0 saturated heterocycles. The van der Waals surface area contributed by atoms with Gasteiger partial charge in [0.15, 0.2) is 0 Å². The van der Waals surface area contributed by atoms with E-state index in [1.165, 1.54) is 16.0 Å². The fourth-order valence-corrected chi connectivity index (χ4v) is 5.92. The molecule has 0 radical (unpaired) electrons. The number of rotatable bonds is 6. The maximum absolute atomic E-state index is 13.5. The maximum atomic E-state index is 13.5. The Morgan fingerprint density at radius 1 is 1.03 bits per heavy atom. The van der Waals surface area contributed by atoms with E-state index in [9.17, 15) is 14.7 Å². The lowest BCUT2D eigenvalue weighted by Crippen LogP contribution is -2.62. The van der Waals surface area contributed by atoms with Crippen LogP contribution in [-0.4, -0.2) is 40.3 Å². The molecular formula is C28H35NO4. The van der Waals surface area contributed by atoms with Crippen molar-refractivity contribution in [3.8, 4) is 11.1 Å². The quantitative estimate of drug-likeness (QED) is 0.561. The van der Waals surface area contributed by atoms with Gasteiger partial charge in [-0.3, -0.25) is 4.90 Å². The summed E-state index contributed by atoms with van der Waals surface area (Å²) in [6.07, 6.45) is 2.22. The molecule has 1 fully saturated rings. The van der Waals surface area contributed by atoms with Gasteiger partial charge in [-0.1, -0.05) is 68.8 Å². The molecule has 2 aromatic rings. The number of aliphatic carboxylic acids is 1. The van der Waals surface area contributed by atoms with Gasteiger partial charge in [-0.2, -0.15) is 0 Å². The Labute approximate surface area is 196 Å². The second kappa shape index (κ2) is 9.20. The second-order valence-electron chi connectivity index (χ2n) is 10.2. The Balaban J connectivity index is 1.59. The summed E-state index contributed by atoms with van der Waals surface area (Å²) in [4.78, 5) is 27.6. The lowest BCUT2D eigenvalue weighted by molar-refractivity contribution is -0.156. The van der Waals surface area contributed by atoms with Crippen molar-refractivity contribution in [1.82, 2.24) is 4.90 Å². The highest BCUT2D eigenvalue weighted by Gasteiger charge is 2.51. The Bertz CT molecular complexity index is 985. The second-order valence-corrected chi connectivity index (χ2v) is 10.2. The van der Waals surface area contributed by atoms with E-state index in [2.05, 4.69) is 38.1 Å². The zero-order valence-electron chi connectivity index (χ0n) is 20.1. The molecule has 0 aromatic heterocycles. The van der Waals surface area contributed by atoms with Crippen molar-refractivity contribution in [1.29, 1.82) is 0 Å². The first-order valence-electron chi connectivity index (χ1n) is 12.1. The van der Waals surface area contributed by atoms with E-state index in [1.807, 2.05) is 38.1 Å². The number of carboxylic acid groups (broad SMARTS) is 1. The van der Waals surface area contributed by atoms with Gasteiger partial charge in [0.05, 0.1) is 0 Å². The molecule has 2 unspecified atom stereocenters. The van der Waals surface area contributed by atoms with Gasteiger partial charge in [-0.15, -0.1) is 0 Å². The van der Waals surface area contributed by atoms with Crippen LogP contribution in [0.1, 0.15) is 70.4 Å². The average molecular weight is 450 g/mol. The Kier molecular flexibility index (Phi) is 6.51. The van der Waals surface area contributed by atoms with E-state index in [4.69, 9.17) is 4.74 Å². The molecular weight excluding hydrogens is 414 g/mol. The standard InChI is InChI=1S/C28H35NO4/c1-18(2)20-10-9-15-28(16-20,26(30)31)29(19(3)4)27(32)33-17-25-23-13-7-5-11-21(23)22-12-6-8-14-24(22)25/h5-8,11-14,18-20,25H,9-10,15-17H2,1-4H3,(H,30,31). The molecule has 0 heterocycles. The van der Waals surface area contributed by atoms with E-state index in [0.29, 0.717) is 18.8 Å². The molecule has 1 amide bonds. The Morgan fingerprint density at radius 3 is 2.12 bits per heavy atom. The van der Waals surface area contributed by atoms with Crippen LogP contribution in [0.25, 0.3) is 11.1 Å². The molecule has 2 atom stereocenters. The third-order valence-corrected chi connectivity index (χ3v) is 7.62. The predicted molar refractivity (Wildman–Crippen MR) is 129 cm³/mol. The topological polar surface area (TPSA) is 66.8 Å². The number of hydrogen-bond acceptors (Lipinski definition) is 3. The third kappa shape index (κ3) is 4.14. The average Bonchev–Trinajstić information content (AvgIpc) is 3.11. The van der Waals surface area contributed by atoms with E-state index in [-0.39, 0.29) is 24.5 Å². The molecule has 1 N–H and O–H groups in total. The Hall–Kier alpha value is -2.82. The van der Waals surface area contributed by atoms with Crippen molar-refractivity contribution in [2.45, 2.75) is 70.9 Å². The number of ether oxygens (including phenoxy) is 1. The molecule has 2 aliphatic carbocycles. The van der Waals surface area contributed by atoms with Crippen LogP contribution in [0.4, 0.5) is 4.79 Å². The number of amides is 1. The fraction of sp³-hybridized carbons (Fsp3) is 0.500. The minimum Gasteiger partial charge on any atom is -0.479 e. The highest BCUT2D eigenvalue weighted by molar-refractivity contribution is 5.85. The summed E-state index contributed by atoms with van der Waals surface area (Å²) in [6.45, 7) is 8.22. The molecule has 4 rings (SSSR count). The van der Waals surface area contributed by atoms with Crippen molar-refractivity contribution in [2.24, 2.45) is 11.8 Å². The summed E-state index contributed by atoms with van der Waals surface area (Å²) in [5, 5.41) is 10.3. The zero-order valence-corrected chi connectivity index (χ0v) is 20.1. The van der Waals surface area contributed by atoms with Crippen molar-refractivity contribution in [2.75, 3.05) is 6.61 Å². The number of carbonyl (C=O) groups is 2. The minimum atomic E-state index is -1.22. The van der Waals surface area contributed by atoms with Crippen molar-refractivity contribution in [3.05, 3.63) is 59.7 Å². The number of hydrogen-bond donors (Lipinski definition) is 1. The third-order valence-electron chi connectivity index (χ3n) is 7.62. The number of carboxylic acids is 1. The number of carbonyl (C=O) groups excluding carboxylic acids is 1. The highest BCUT2D eigenvalue weighted by atomic mass is 16.6. The normalized spacial score (nSPS) is 22.2. The summed E-state index contributed by atoms with van der Waals surface area (Å²) < 4.78 is 5.91. The molecule has 33 heavy (non-hydrogen) atoms. The van der Waals surface area contributed by atoms with Gasteiger partial charge in [-0.25, -0.2) is 9.59 Å². The predicted octanol–water partition coefficient (Wildman–Crippen LogP) is 6.32. The molecule has 2 aromatic carbocycles. The fourth-order valence-electron chi connectivity index (χ4n) is 5.92. The number of nitrogens with zero attached hydrogens (tertiary/aromatic N) is 1. The Morgan fingerprint density at radius 2 is 1.61 bits per heavy atom.